The molecular weight excluding hydrogens is 128 g/mol. The van der Waals surface area contributed by atoms with Crippen LogP contribution in [0.5, 0.6) is 0 Å². The van der Waals surface area contributed by atoms with Crippen LogP contribution >= 0.6 is 0 Å². The summed E-state index contributed by atoms with van der Waals surface area (Å²) in [5.41, 5.74) is 10.2. The lowest BCUT2D eigenvalue weighted by Gasteiger charge is -2.11. The molecule has 4 nitrogen and oxygen atoms in total. The minimum atomic E-state index is 0.787. The highest BCUT2D eigenvalue weighted by Gasteiger charge is 1.97. The molecule has 0 bridgehead atoms. The average molecular weight is 138 g/mol. The van der Waals surface area contributed by atoms with Crippen molar-refractivity contribution >= 4 is 0 Å². The fraction of sp³-hybridized carbons (Fsp3) is 0.333. The number of hydrogen-bond acceptors (Lipinski definition) is 3. The lowest BCUT2D eigenvalue weighted by Crippen LogP contribution is -2.25. The Kier molecular flexibility index (Phi) is 2.04. The van der Waals surface area contributed by atoms with Gasteiger partial charge in [0.05, 0.1) is 0 Å². The van der Waals surface area contributed by atoms with E-state index in [1.54, 1.807) is 0 Å². The zero-order valence-corrected chi connectivity index (χ0v) is 5.81. The average Bonchev–Trinajstić information content (AvgIpc) is 1.88. The Balaban J connectivity index is 2.59. The lowest BCUT2D eigenvalue weighted by molar-refractivity contribution is 0.690. The smallest absolute Gasteiger partial charge is 0.121 e. The van der Waals surface area contributed by atoms with Crippen molar-refractivity contribution in [1.82, 2.24) is 10.7 Å². The molecule has 1 rings (SSSR count). The van der Waals surface area contributed by atoms with Crippen LogP contribution in [0, 0.1) is 5.53 Å². The zero-order chi connectivity index (χ0) is 7.40. The molecule has 0 aromatic heterocycles. The summed E-state index contributed by atoms with van der Waals surface area (Å²) >= 11 is 0. The van der Waals surface area contributed by atoms with Crippen LogP contribution < -0.4 is 10.7 Å². The van der Waals surface area contributed by atoms with Gasteiger partial charge in [-0.15, -0.1) is 0 Å². The van der Waals surface area contributed by atoms with Crippen LogP contribution in [0.2, 0.25) is 0 Å². The largest absolute Gasteiger partial charge is 0.367 e. The topological polar surface area (TPSA) is 60.3 Å². The van der Waals surface area contributed by atoms with Gasteiger partial charge in [-0.05, 0) is 18.6 Å². The molecular formula is C6H10N4. The molecule has 54 valence electrons. The van der Waals surface area contributed by atoms with Gasteiger partial charge in [0.15, 0.2) is 0 Å². The van der Waals surface area contributed by atoms with Crippen LogP contribution in [-0.2, 0) is 0 Å². The first-order chi connectivity index (χ1) is 4.83. The van der Waals surface area contributed by atoms with Crippen molar-refractivity contribution in [3.63, 3.8) is 0 Å². The monoisotopic (exact) mass is 138 g/mol. The highest BCUT2D eigenvalue weighted by molar-refractivity contribution is 5.24. The van der Waals surface area contributed by atoms with E-state index in [1.807, 2.05) is 13.0 Å². The van der Waals surface area contributed by atoms with Gasteiger partial charge in [-0.2, -0.15) is 5.53 Å². The molecule has 0 aliphatic carbocycles. The fourth-order valence-corrected chi connectivity index (χ4v) is 0.792. The summed E-state index contributed by atoms with van der Waals surface area (Å²) in [6, 6.07) is 0. The number of dihydropyridines is 1. The maximum atomic E-state index is 6.52. The van der Waals surface area contributed by atoms with Crippen molar-refractivity contribution in [2.75, 3.05) is 6.54 Å². The molecule has 0 saturated heterocycles. The van der Waals surface area contributed by atoms with Crippen molar-refractivity contribution in [2.45, 2.75) is 6.92 Å². The van der Waals surface area contributed by atoms with Crippen molar-refractivity contribution < 1.29 is 0 Å². The van der Waals surface area contributed by atoms with E-state index in [1.165, 1.54) is 5.57 Å². The van der Waals surface area contributed by atoms with Gasteiger partial charge in [0.1, 0.15) is 5.82 Å². The Hall–Kier alpha value is -1.32. The zero-order valence-electron chi connectivity index (χ0n) is 5.81. The maximum absolute atomic E-state index is 6.52. The summed E-state index contributed by atoms with van der Waals surface area (Å²) in [4.78, 5) is 0. The van der Waals surface area contributed by atoms with Crippen molar-refractivity contribution in [3.05, 3.63) is 23.5 Å². The molecule has 0 fully saturated rings. The second-order valence-electron chi connectivity index (χ2n) is 2.11. The molecule has 0 spiro atoms. The molecule has 1 aliphatic rings. The van der Waals surface area contributed by atoms with E-state index in [-0.39, 0.29) is 0 Å². The number of nitrogens with zero attached hydrogens (tertiary/aromatic N) is 1. The molecule has 0 amide bonds. The SMILES string of the molecule is CC1=CCNC(NN=N)=C1. The van der Waals surface area contributed by atoms with E-state index in [2.05, 4.69) is 22.0 Å². The van der Waals surface area contributed by atoms with Crippen molar-refractivity contribution in [3.8, 4) is 0 Å². The predicted octanol–water partition coefficient (Wildman–Crippen LogP) is 0.913. The van der Waals surface area contributed by atoms with Gasteiger partial charge in [-0.1, -0.05) is 11.3 Å². The predicted molar refractivity (Wildman–Crippen MR) is 38.1 cm³/mol. The number of rotatable bonds is 2. The first-order valence-corrected chi connectivity index (χ1v) is 3.08. The molecule has 0 saturated carbocycles. The maximum Gasteiger partial charge on any atom is 0.121 e. The van der Waals surface area contributed by atoms with E-state index in [9.17, 15) is 0 Å². The first-order valence-electron chi connectivity index (χ1n) is 3.08. The standard InChI is InChI=1S/C6H10N4/c1-5-2-3-8-6(4-5)9-10-7/h2,4,8H,3H2,1H3,(H2,7,9). The molecule has 0 aromatic rings. The summed E-state index contributed by atoms with van der Waals surface area (Å²) in [7, 11) is 0. The van der Waals surface area contributed by atoms with Gasteiger partial charge in [0, 0.05) is 6.54 Å². The van der Waals surface area contributed by atoms with Crippen molar-refractivity contribution in [2.24, 2.45) is 5.22 Å². The third-order valence-electron chi connectivity index (χ3n) is 1.26. The highest BCUT2D eigenvalue weighted by atomic mass is 15.4. The normalized spacial score (nSPS) is 16.5. The minimum absolute atomic E-state index is 0.787. The number of allylic oxidation sites excluding steroid dienone is 2. The molecule has 0 aromatic carbocycles. The molecule has 0 unspecified atom stereocenters. The van der Waals surface area contributed by atoms with E-state index >= 15 is 0 Å². The van der Waals surface area contributed by atoms with Crippen LogP contribution in [0.15, 0.2) is 28.8 Å². The fourth-order valence-electron chi connectivity index (χ4n) is 0.792. The molecule has 0 atom stereocenters. The third kappa shape index (κ3) is 1.58. The second kappa shape index (κ2) is 3.00. The number of hydrogen-bond donors (Lipinski definition) is 3. The second-order valence-corrected chi connectivity index (χ2v) is 2.11. The molecule has 1 aliphatic heterocycles. The lowest BCUT2D eigenvalue weighted by atomic mass is 10.2. The van der Waals surface area contributed by atoms with E-state index in [4.69, 9.17) is 5.53 Å². The highest BCUT2D eigenvalue weighted by Crippen LogP contribution is 2.01. The molecule has 10 heavy (non-hydrogen) atoms. The Labute approximate surface area is 59.5 Å². The van der Waals surface area contributed by atoms with Crippen LogP contribution in [0.3, 0.4) is 0 Å². The van der Waals surface area contributed by atoms with Crippen molar-refractivity contribution in [1.29, 1.82) is 5.53 Å². The summed E-state index contributed by atoms with van der Waals surface area (Å²) in [6.45, 7) is 2.81. The number of nitrogens with one attached hydrogen (secondary N) is 3. The first kappa shape index (κ1) is 6.80. The van der Waals surface area contributed by atoms with Gasteiger partial charge in [0.2, 0.25) is 0 Å². The van der Waals surface area contributed by atoms with Crippen LogP contribution in [0.25, 0.3) is 0 Å². The Morgan fingerprint density at radius 1 is 1.80 bits per heavy atom. The molecule has 3 N–H and O–H groups in total. The quantitative estimate of drug-likeness (QED) is 0.392. The van der Waals surface area contributed by atoms with E-state index in [0.29, 0.717) is 0 Å². The van der Waals surface area contributed by atoms with Gasteiger partial charge < -0.3 is 5.32 Å². The van der Waals surface area contributed by atoms with E-state index in [0.717, 1.165) is 12.4 Å². The minimum Gasteiger partial charge on any atom is -0.367 e. The van der Waals surface area contributed by atoms with Gasteiger partial charge in [0.25, 0.3) is 0 Å². The van der Waals surface area contributed by atoms with Gasteiger partial charge in [-0.25, -0.2) is 5.43 Å². The molecule has 1 heterocycles. The summed E-state index contributed by atoms with van der Waals surface area (Å²) in [6.07, 6.45) is 3.97. The molecule has 4 heteroatoms. The summed E-state index contributed by atoms with van der Waals surface area (Å²) in [5.74, 6) is 0.787. The summed E-state index contributed by atoms with van der Waals surface area (Å²) in [5, 5.41) is 6.05. The summed E-state index contributed by atoms with van der Waals surface area (Å²) < 4.78 is 0. The molecule has 0 radical (unpaired) electrons. The van der Waals surface area contributed by atoms with Crippen LogP contribution in [-0.4, -0.2) is 6.54 Å². The Morgan fingerprint density at radius 2 is 2.60 bits per heavy atom. The van der Waals surface area contributed by atoms with Crippen LogP contribution in [0.1, 0.15) is 6.92 Å². The van der Waals surface area contributed by atoms with Crippen LogP contribution in [0.4, 0.5) is 0 Å². The Bertz CT molecular complexity index is 192. The van der Waals surface area contributed by atoms with Gasteiger partial charge in [-0.3, -0.25) is 0 Å². The van der Waals surface area contributed by atoms with Gasteiger partial charge >= 0.3 is 0 Å². The third-order valence-corrected chi connectivity index (χ3v) is 1.26. The Morgan fingerprint density at radius 3 is 3.20 bits per heavy atom. The van der Waals surface area contributed by atoms with E-state index < -0.39 is 0 Å².